The molecule has 1 unspecified atom stereocenters. The molecule has 0 radical (unpaired) electrons. The lowest BCUT2D eigenvalue weighted by Gasteiger charge is -2.17. The van der Waals surface area contributed by atoms with Crippen molar-refractivity contribution in [2.45, 2.75) is 19.4 Å². The van der Waals surface area contributed by atoms with E-state index in [1.807, 2.05) is 6.07 Å². The summed E-state index contributed by atoms with van der Waals surface area (Å²) >= 11 is 7.72. The first-order valence-corrected chi connectivity index (χ1v) is 9.19. The van der Waals surface area contributed by atoms with Crippen molar-refractivity contribution in [1.29, 1.82) is 0 Å². The molecular formula is C15H17BrINOS. The molecule has 0 aliphatic rings. The lowest BCUT2D eigenvalue weighted by molar-refractivity contribution is 0.412. The number of methoxy groups -OCH3 is 1. The van der Waals surface area contributed by atoms with Crippen LogP contribution in [0.15, 0.2) is 34.1 Å². The van der Waals surface area contributed by atoms with Crippen LogP contribution in [0.5, 0.6) is 5.75 Å². The molecule has 0 amide bonds. The zero-order chi connectivity index (χ0) is 14.5. The van der Waals surface area contributed by atoms with Crippen molar-refractivity contribution >= 4 is 49.9 Å². The largest absolute Gasteiger partial charge is 0.496 e. The molecule has 1 aromatic heterocycles. The molecule has 0 aliphatic heterocycles. The molecule has 0 fully saturated rings. The molecule has 1 heterocycles. The topological polar surface area (TPSA) is 21.3 Å². The molecule has 2 aromatic rings. The number of nitrogens with one attached hydrogen (secondary N) is 1. The Kier molecular flexibility index (Phi) is 6.32. The van der Waals surface area contributed by atoms with Gasteiger partial charge in [0.25, 0.3) is 0 Å². The average Bonchev–Trinajstić information content (AvgIpc) is 2.85. The zero-order valence-electron chi connectivity index (χ0n) is 11.5. The maximum Gasteiger partial charge on any atom is 0.133 e. The summed E-state index contributed by atoms with van der Waals surface area (Å²) in [6.45, 7) is 3.11. The van der Waals surface area contributed by atoms with Gasteiger partial charge in [0.05, 0.1) is 14.5 Å². The summed E-state index contributed by atoms with van der Waals surface area (Å²) in [5.74, 6) is 0.874. The van der Waals surface area contributed by atoms with Crippen LogP contribution in [0.25, 0.3) is 0 Å². The van der Waals surface area contributed by atoms with Gasteiger partial charge in [-0.1, -0.05) is 13.0 Å². The third kappa shape index (κ3) is 4.19. The fourth-order valence-corrected chi connectivity index (χ4v) is 4.15. The number of hydrogen-bond acceptors (Lipinski definition) is 3. The third-order valence-electron chi connectivity index (χ3n) is 3.10. The van der Waals surface area contributed by atoms with Crippen molar-refractivity contribution in [2.75, 3.05) is 13.7 Å². The van der Waals surface area contributed by atoms with E-state index in [4.69, 9.17) is 4.74 Å². The van der Waals surface area contributed by atoms with E-state index in [-0.39, 0.29) is 0 Å². The van der Waals surface area contributed by atoms with Crippen LogP contribution in [0, 0.1) is 2.88 Å². The first kappa shape index (κ1) is 16.3. The summed E-state index contributed by atoms with van der Waals surface area (Å²) in [7, 11) is 1.69. The van der Waals surface area contributed by atoms with Crippen LogP contribution in [0.3, 0.4) is 0 Å². The summed E-state index contributed by atoms with van der Waals surface area (Å²) in [5, 5.41) is 5.81. The van der Waals surface area contributed by atoms with Gasteiger partial charge in [0.2, 0.25) is 0 Å². The highest BCUT2D eigenvalue weighted by Crippen LogP contribution is 2.29. The lowest BCUT2D eigenvalue weighted by atomic mass is 10.0. The van der Waals surface area contributed by atoms with Gasteiger partial charge in [-0.05, 0) is 86.2 Å². The van der Waals surface area contributed by atoms with Gasteiger partial charge in [-0.25, -0.2) is 0 Å². The summed E-state index contributed by atoms with van der Waals surface area (Å²) < 4.78 is 7.62. The van der Waals surface area contributed by atoms with E-state index >= 15 is 0 Å². The second kappa shape index (κ2) is 7.77. The maximum atomic E-state index is 5.28. The first-order valence-electron chi connectivity index (χ1n) is 6.43. The fraction of sp³-hybridized carbons (Fsp3) is 0.333. The second-order valence-electron chi connectivity index (χ2n) is 4.47. The van der Waals surface area contributed by atoms with Gasteiger partial charge in [0, 0.05) is 6.04 Å². The highest BCUT2D eigenvalue weighted by atomic mass is 127. The number of thiophene rings is 1. The predicted octanol–water partition coefficient (Wildman–Crippen LogP) is 5.02. The molecule has 0 bridgehead atoms. The minimum atomic E-state index is 0.361. The molecule has 2 rings (SSSR count). The molecule has 0 spiro atoms. The Morgan fingerprint density at radius 1 is 1.40 bits per heavy atom. The van der Waals surface area contributed by atoms with Crippen LogP contribution in [0.2, 0.25) is 0 Å². The van der Waals surface area contributed by atoms with Crippen molar-refractivity contribution < 1.29 is 4.74 Å². The molecular weight excluding hydrogens is 449 g/mol. The fourth-order valence-electron chi connectivity index (χ4n) is 2.13. The Balaban J connectivity index is 2.17. The quantitative estimate of drug-likeness (QED) is 0.605. The second-order valence-corrected chi connectivity index (χ2v) is 8.13. The van der Waals surface area contributed by atoms with E-state index in [9.17, 15) is 0 Å². The normalized spacial score (nSPS) is 12.4. The molecule has 2 nitrogen and oxygen atoms in total. The van der Waals surface area contributed by atoms with Crippen LogP contribution >= 0.6 is 49.9 Å². The Morgan fingerprint density at radius 2 is 2.20 bits per heavy atom. The van der Waals surface area contributed by atoms with Crippen molar-refractivity contribution in [2.24, 2.45) is 0 Å². The van der Waals surface area contributed by atoms with Crippen molar-refractivity contribution in [3.05, 3.63) is 48.1 Å². The van der Waals surface area contributed by atoms with Crippen molar-refractivity contribution in [3.63, 3.8) is 0 Å². The van der Waals surface area contributed by atoms with Crippen molar-refractivity contribution in [3.8, 4) is 5.75 Å². The molecule has 1 N–H and O–H groups in total. The molecule has 0 aliphatic carbocycles. The van der Waals surface area contributed by atoms with Crippen molar-refractivity contribution in [1.82, 2.24) is 5.32 Å². The van der Waals surface area contributed by atoms with Gasteiger partial charge in [0.1, 0.15) is 5.75 Å². The summed E-state index contributed by atoms with van der Waals surface area (Å²) in [5.41, 5.74) is 2.66. The summed E-state index contributed by atoms with van der Waals surface area (Å²) in [6.07, 6.45) is 0.975. The van der Waals surface area contributed by atoms with Gasteiger partial charge >= 0.3 is 0 Å². The van der Waals surface area contributed by atoms with E-state index < -0.39 is 0 Å². The van der Waals surface area contributed by atoms with Crippen LogP contribution in [-0.2, 0) is 6.42 Å². The van der Waals surface area contributed by atoms with E-state index in [1.165, 1.54) is 14.0 Å². The smallest absolute Gasteiger partial charge is 0.133 e. The van der Waals surface area contributed by atoms with Crippen LogP contribution in [0.1, 0.15) is 24.1 Å². The van der Waals surface area contributed by atoms with E-state index in [0.29, 0.717) is 6.04 Å². The summed E-state index contributed by atoms with van der Waals surface area (Å²) in [4.78, 5) is 0. The van der Waals surface area contributed by atoms with Gasteiger partial charge < -0.3 is 10.1 Å². The highest BCUT2D eigenvalue weighted by Gasteiger charge is 2.13. The minimum Gasteiger partial charge on any atom is -0.496 e. The Labute approximate surface area is 146 Å². The average molecular weight is 466 g/mol. The Morgan fingerprint density at radius 3 is 2.75 bits per heavy atom. The third-order valence-corrected chi connectivity index (χ3v) is 5.52. The van der Waals surface area contributed by atoms with E-state index in [0.717, 1.165) is 23.2 Å². The molecule has 20 heavy (non-hydrogen) atoms. The number of hydrogen-bond donors (Lipinski definition) is 1. The molecule has 0 saturated heterocycles. The van der Waals surface area contributed by atoms with Gasteiger partial charge in [-0.3, -0.25) is 0 Å². The Hall–Kier alpha value is -0.110. The number of benzene rings is 1. The van der Waals surface area contributed by atoms with Crippen LogP contribution in [0.4, 0.5) is 0 Å². The van der Waals surface area contributed by atoms with E-state index in [1.54, 1.807) is 18.4 Å². The zero-order valence-corrected chi connectivity index (χ0v) is 16.0. The molecule has 5 heteroatoms. The first-order chi connectivity index (χ1) is 9.63. The van der Waals surface area contributed by atoms with Crippen LogP contribution < -0.4 is 10.1 Å². The number of ether oxygens (including phenoxy) is 1. The van der Waals surface area contributed by atoms with Gasteiger partial charge in [-0.2, -0.15) is 0 Å². The molecule has 1 aromatic carbocycles. The predicted molar refractivity (Wildman–Crippen MR) is 97.9 cm³/mol. The Bertz CT molecular complexity index is 573. The minimum absolute atomic E-state index is 0.361. The number of likely N-dealkylation sites (N-methyl/N-ethyl adjacent to an activating group) is 1. The molecule has 1 atom stereocenters. The number of rotatable bonds is 6. The monoisotopic (exact) mass is 465 g/mol. The lowest BCUT2D eigenvalue weighted by Crippen LogP contribution is -2.22. The molecule has 0 saturated carbocycles. The van der Waals surface area contributed by atoms with E-state index in [2.05, 4.69) is 74.3 Å². The standard InChI is InChI=1S/C15H17BrINOS/c1-3-18-13(11-8-15(17)20-9-11)7-10-4-5-14(19-2)12(16)6-10/h4-6,8-9,13,18H,3,7H2,1-2H3. The van der Waals surface area contributed by atoms with Gasteiger partial charge in [-0.15, -0.1) is 11.3 Å². The highest BCUT2D eigenvalue weighted by molar-refractivity contribution is 14.1. The maximum absolute atomic E-state index is 5.28. The van der Waals surface area contributed by atoms with Gasteiger partial charge in [0.15, 0.2) is 0 Å². The number of halogens is 2. The SMILES string of the molecule is CCNC(Cc1ccc(OC)c(Br)c1)c1csc(I)c1. The summed E-state index contributed by atoms with van der Waals surface area (Å²) in [6, 6.07) is 8.91. The molecule has 108 valence electrons. The van der Waals surface area contributed by atoms with Crippen LogP contribution in [-0.4, -0.2) is 13.7 Å².